The van der Waals surface area contributed by atoms with E-state index in [1.165, 1.54) is 11.1 Å². The fraction of sp³-hybridized carbons (Fsp3) is 0.333. The van der Waals surface area contributed by atoms with Gasteiger partial charge in [-0.15, -0.1) is 0 Å². The number of methoxy groups -OCH3 is 1. The van der Waals surface area contributed by atoms with Crippen molar-refractivity contribution in [3.05, 3.63) is 53.6 Å². The number of anilines is 1. The quantitative estimate of drug-likeness (QED) is 0.863. The lowest BCUT2D eigenvalue weighted by Gasteiger charge is -2.18. The Morgan fingerprint density at radius 1 is 1.05 bits per heavy atom. The van der Waals surface area contributed by atoms with Gasteiger partial charge in [-0.25, -0.2) is 0 Å². The Labute approximate surface area is 126 Å². The largest absolute Gasteiger partial charge is 0.493 e. The van der Waals surface area contributed by atoms with Gasteiger partial charge in [-0.2, -0.15) is 0 Å². The first-order chi connectivity index (χ1) is 10.1. The van der Waals surface area contributed by atoms with Crippen LogP contribution in [-0.2, 0) is 0 Å². The standard InChI is InChI=1S/C18H23NO2/c1-13-9-10-16(14(2)11-13)19-12-15(3)21-18-8-6-5-7-17(18)20-4/h5-11,15,19H,12H2,1-4H3. The summed E-state index contributed by atoms with van der Waals surface area (Å²) >= 11 is 0. The molecule has 3 heteroatoms. The molecule has 0 bridgehead atoms. The fourth-order valence-electron chi connectivity index (χ4n) is 2.24. The van der Waals surface area contributed by atoms with Gasteiger partial charge in [-0.05, 0) is 44.5 Å². The highest BCUT2D eigenvalue weighted by atomic mass is 16.5. The van der Waals surface area contributed by atoms with Crippen LogP contribution in [0.15, 0.2) is 42.5 Å². The van der Waals surface area contributed by atoms with Crippen LogP contribution in [0.4, 0.5) is 5.69 Å². The van der Waals surface area contributed by atoms with E-state index in [9.17, 15) is 0 Å². The summed E-state index contributed by atoms with van der Waals surface area (Å²) in [6, 6.07) is 14.1. The summed E-state index contributed by atoms with van der Waals surface area (Å²) in [5.74, 6) is 1.53. The number of rotatable bonds is 6. The summed E-state index contributed by atoms with van der Waals surface area (Å²) in [6.07, 6.45) is 0.0435. The second-order valence-electron chi connectivity index (χ2n) is 5.28. The van der Waals surface area contributed by atoms with Gasteiger partial charge < -0.3 is 14.8 Å². The molecule has 1 atom stereocenters. The second-order valence-corrected chi connectivity index (χ2v) is 5.28. The van der Waals surface area contributed by atoms with E-state index in [-0.39, 0.29) is 6.10 Å². The van der Waals surface area contributed by atoms with Crippen LogP contribution in [0.2, 0.25) is 0 Å². The van der Waals surface area contributed by atoms with Gasteiger partial charge in [0.1, 0.15) is 6.10 Å². The number of hydrogen-bond donors (Lipinski definition) is 1. The van der Waals surface area contributed by atoms with E-state index in [4.69, 9.17) is 9.47 Å². The molecule has 0 saturated carbocycles. The first kappa shape index (κ1) is 15.2. The lowest BCUT2D eigenvalue weighted by Crippen LogP contribution is -2.23. The Morgan fingerprint density at radius 2 is 1.76 bits per heavy atom. The van der Waals surface area contributed by atoms with E-state index in [2.05, 4.69) is 37.4 Å². The molecule has 0 aliphatic rings. The molecule has 0 aliphatic carbocycles. The van der Waals surface area contributed by atoms with E-state index >= 15 is 0 Å². The van der Waals surface area contributed by atoms with Crippen molar-refractivity contribution in [3.63, 3.8) is 0 Å². The van der Waals surface area contributed by atoms with E-state index in [0.717, 1.165) is 23.7 Å². The van der Waals surface area contributed by atoms with Crippen molar-refractivity contribution in [1.82, 2.24) is 0 Å². The highest BCUT2D eigenvalue weighted by Gasteiger charge is 2.08. The van der Waals surface area contributed by atoms with Crippen molar-refractivity contribution in [2.45, 2.75) is 26.9 Å². The van der Waals surface area contributed by atoms with Crippen LogP contribution in [0.1, 0.15) is 18.1 Å². The minimum Gasteiger partial charge on any atom is -0.493 e. The molecule has 0 amide bonds. The second kappa shape index (κ2) is 7.02. The lowest BCUT2D eigenvalue weighted by molar-refractivity contribution is 0.223. The van der Waals surface area contributed by atoms with Crippen LogP contribution < -0.4 is 14.8 Å². The Balaban J connectivity index is 1.94. The SMILES string of the molecule is COc1ccccc1OC(C)CNc1ccc(C)cc1C. The summed E-state index contributed by atoms with van der Waals surface area (Å²) in [5, 5.41) is 3.43. The van der Waals surface area contributed by atoms with E-state index in [1.807, 2.05) is 31.2 Å². The maximum absolute atomic E-state index is 5.93. The van der Waals surface area contributed by atoms with Crippen LogP contribution in [0.5, 0.6) is 11.5 Å². The van der Waals surface area contributed by atoms with Crippen LogP contribution in [0.3, 0.4) is 0 Å². The molecule has 3 nitrogen and oxygen atoms in total. The monoisotopic (exact) mass is 285 g/mol. The molecule has 0 aliphatic heterocycles. The molecule has 2 aromatic rings. The number of nitrogens with one attached hydrogen (secondary N) is 1. The number of aryl methyl sites for hydroxylation is 2. The molecular formula is C18H23NO2. The Morgan fingerprint density at radius 3 is 2.43 bits per heavy atom. The molecule has 21 heavy (non-hydrogen) atoms. The molecular weight excluding hydrogens is 262 g/mol. The Kier molecular flexibility index (Phi) is 5.09. The lowest BCUT2D eigenvalue weighted by atomic mass is 10.1. The van der Waals surface area contributed by atoms with Gasteiger partial charge >= 0.3 is 0 Å². The maximum Gasteiger partial charge on any atom is 0.161 e. The normalized spacial score (nSPS) is 11.8. The van der Waals surface area contributed by atoms with E-state index in [1.54, 1.807) is 7.11 Å². The highest BCUT2D eigenvalue weighted by Crippen LogP contribution is 2.27. The summed E-state index contributed by atoms with van der Waals surface area (Å²) in [4.78, 5) is 0. The molecule has 0 heterocycles. The average molecular weight is 285 g/mol. The zero-order valence-electron chi connectivity index (χ0n) is 13.1. The highest BCUT2D eigenvalue weighted by molar-refractivity contribution is 5.52. The van der Waals surface area contributed by atoms with Crippen molar-refractivity contribution in [1.29, 1.82) is 0 Å². The third-order valence-corrected chi connectivity index (χ3v) is 3.36. The maximum atomic E-state index is 5.93. The molecule has 0 spiro atoms. The zero-order chi connectivity index (χ0) is 15.2. The summed E-state index contributed by atoms with van der Waals surface area (Å²) < 4.78 is 11.2. The van der Waals surface area contributed by atoms with E-state index < -0.39 is 0 Å². The fourth-order valence-corrected chi connectivity index (χ4v) is 2.24. The third kappa shape index (κ3) is 4.15. The van der Waals surface area contributed by atoms with Crippen molar-refractivity contribution < 1.29 is 9.47 Å². The first-order valence-corrected chi connectivity index (χ1v) is 7.21. The van der Waals surface area contributed by atoms with Gasteiger partial charge in [0.25, 0.3) is 0 Å². The molecule has 0 radical (unpaired) electrons. The predicted molar refractivity (Wildman–Crippen MR) is 87.5 cm³/mol. The minimum atomic E-state index is 0.0435. The molecule has 2 aromatic carbocycles. The number of para-hydroxylation sites is 2. The minimum absolute atomic E-state index is 0.0435. The molecule has 0 saturated heterocycles. The number of benzene rings is 2. The van der Waals surface area contributed by atoms with Crippen molar-refractivity contribution in [2.24, 2.45) is 0 Å². The Hall–Kier alpha value is -2.16. The first-order valence-electron chi connectivity index (χ1n) is 7.21. The topological polar surface area (TPSA) is 30.5 Å². The molecule has 2 rings (SSSR count). The third-order valence-electron chi connectivity index (χ3n) is 3.36. The smallest absolute Gasteiger partial charge is 0.161 e. The molecule has 0 fully saturated rings. The summed E-state index contributed by atoms with van der Waals surface area (Å²) in [6.45, 7) is 7.00. The average Bonchev–Trinajstić information content (AvgIpc) is 2.47. The van der Waals surface area contributed by atoms with Gasteiger partial charge in [0.05, 0.1) is 13.7 Å². The van der Waals surface area contributed by atoms with Crippen LogP contribution in [-0.4, -0.2) is 19.8 Å². The van der Waals surface area contributed by atoms with Gasteiger partial charge in [-0.3, -0.25) is 0 Å². The van der Waals surface area contributed by atoms with Crippen molar-refractivity contribution in [3.8, 4) is 11.5 Å². The predicted octanol–water partition coefficient (Wildman–Crippen LogP) is 4.19. The van der Waals surface area contributed by atoms with Crippen molar-refractivity contribution in [2.75, 3.05) is 19.0 Å². The number of hydrogen-bond acceptors (Lipinski definition) is 3. The van der Waals surface area contributed by atoms with Gasteiger partial charge in [0.2, 0.25) is 0 Å². The van der Waals surface area contributed by atoms with Crippen LogP contribution in [0.25, 0.3) is 0 Å². The van der Waals surface area contributed by atoms with Crippen LogP contribution >= 0.6 is 0 Å². The zero-order valence-corrected chi connectivity index (χ0v) is 13.1. The number of ether oxygens (including phenoxy) is 2. The van der Waals surface area contributed by atoms with Crippen LogP contribution in [0, 0.1) is 13.8 Å². The summed E-state index contributed by atoms with van der Waals surface area (Å²) in [7, 11) is 1.65. The van der Waals surface area contributed by atoms with Gasteiger partial charge in [0, 0.05) is 5.69 Å². The van der Waals surface area contributed by atoms with Gasteiger partial charge in [0.15, 0.2) is 11.5 Å². The molecule has 112 valence electrons. The molecule has 0 aromatic heterocycles. The van der Waals surface area contributed by atoms with E-state index in [0.29, 0.717) is 0 Å². The molecule has 1 N–H and O–H groups in total. The van der Waals surface area contributed by atoms with Crippen molar-refractivity contribution >= 4 is 5.69 Å². The molecule has 1 unspecified atom stereocenters. The van der Waals surface area contributed by atoms with Gasteiger partial charge in [-0.1, -0.05) is 29.8 Å². The summed E-state index contributed by atoms with van der Waals surface area (Å²) in [5.41, 5.74) is 3.67. The Bertz CT molecular complexity index is 596.